The van der Waals surface area contributed by atoms with Crippen molar-refractivity contribution in [2.24, 2.45) is 5.73 Å². The Balaban J connectivity index is 1.84. The number of rotatable bonds is 7. The van der Waals surface area contributed by atoms with E-state index in [2.05, 4.69) is 10.1 Å². The van der Waals surface area contributed by atoms with Crippen LogP contribution in [0.4, 0.5) is 10.6 Å². The monoisotopic (exact) mass is 366 g/mol. The molecule has 3 rings (SSSR count). The highest BCUT2D eigenvalue weighted by Crippen LogP contribution is 2.18. The minimum Gasteiger partial charge on any atom is -0.448 e. The lowest BCUT2D eigenvalue weighted by atomic mass is 10.2. The Bertz CT molecular complexity index is 881. The zero-order valence-corrected chi connectivity index (χ0v) is 14.9. The molecule has 27 heavy (non-hydrogen) atoms. The molecule has 0 spiro atoms. The van der Waals surface area contributed by atoms with Crippen molar-refractivity contribution in [2.75, 3.05) is 23.9 Å². The number of anilines is 1. The molecule has 1 amide bonds. The number of pyridine rings is 1. The van der Waals surface area contributed by atoms with Gasteiger partial charge in [-0.1, -0.05) is 30.3 Å². The fourth-order valence-corrected chi connectivity index (χ4v) is 2.50. The number of nitrogens with zero attached hydrogens (tertiary/aromatic N) is 4. The van der Waals surface area contributed by atoms with Crippen molar-refractivity contribution in [3.05, 3.63) is 66.5 Å². The van der Waals surface area contributed by atoms with Gasteiger partial charge >= 0.3 is 6.09 Å². The maximum absolute atomic E-state index is 12.6. The van der Waals surface area contributed by atoms with Crippen molar-refractivity contribution in [2.45, 2.75) is 13.0 Å². The first-order valence-corrected chi connectivity index (χ1v) is 8.63. The van der Waals surface area contributed by atoms with E-state index in [1.54, 1.807) is 24.5 Å². The summed E-state index contributed by atoms with van der Waals surface area (Å²) in [4.78, 5) is 18.1. The van der Waals surface area contributed by atoms with Crippen molar-refractivity contribution < 1.29 is 9.53 Å². The number of carbonyl (C=O) groups is 1. The van der Waals surface area contributed by atoms with Crippen LogP contribution in [0.25, 0.3) is 11.3 Å². The molecule has 0 aliphatic carbocycles. The van der Waals surface area contributed by atoms with Gasteiger partial charge < -0.3 is 16.2 Å². The van der Waals surface area contributed by atoms with Crippen LogP contribution < -0.4 is 16.5 Å². The zero-order valence-electron chi connectivity index (χ0n) is 14.9. The van der Waals surface area contributed by atoms with E-state index < -0.39 is 6.09 Å². The molecular formula is C19H22N6O2. The van der Waals surface area contributed by atoms with E-state index in [1.807, 2.05) is 36.4 Å². The lowest BCUT2D eigenvalue weighted by molar-refractivity contribution is 0.144. The molecule has 0 aliphatic heterocycles. The predicted octanol–water partition coefficient (Wildman–Crippen LogP) is 2.15. The van der Waals surface area contributed by atoms with Gasteiger partial charge in [-0.15, -0.1) is 0 Å². The molecule has 8 nitrogen and oxygen atoms in total. The Kier molecular flexibility index (Phi) is 6.01. The summed E-state index contributed by atoms with van der Waals surface area (Å²) in [6, 6.07) is 15.0. The van der Waals surface area contributed by atoms with E-state index in [-0.39, 0.29) is 6.61 Å². The van der Waals surface area contributed by atoms with Crippen LogP contribution in [0.2, 0.25) is 0 Å². The van der Waals surface area contributed by atoms with Crippen LogP contribution >= 0.6 is 0 Å². The van der Waals surface area contributed by atoms with E-state index in [9.17, 15) is 4.79 Å². The highest BCUT2D eigenvalue weighted by atomic mass is 16.6. The second kappa shape index (κ2) is 8.81. The summed E-state index contributed by atoms with van der Waals surface area (Å²) in [7, 11) is 0. The number of nitrogen functional groups attached to an aromatic ring is 1. The van der Waals surface area contributed by atoms with Gasteiger partial charge in [-0.05, 0) is 36.7 Å². The number of aromatic nitrogens is 3. The van der Waals surface area contributed by atoms with Gasteiger partial charge in [-0.2, -0.15) is 14.9 Å². The number of nitrogens with two attached hydrogens (primary N) is 2. The van der Waals surface area contributed by atoms with Gasteiger partial charge in [0.1, 0.15) is 5.82 Å². The fourth-order valence-electron chi connectivity index (χ4n) is 2.50. The number of benzene rings is 1. The Morgan fingerprint density at radius 2 is 2.00 bits per heavy atom. The van der Waals surface area contributed by atoms with Gasteiger partial charge in [-0.25, -0.2) is 9.78 Å². The third-order valence-electron chi connectivity index (χ3n) is 3.86. The molecule has 0 radical (unpaired) electrons. The van der Waals surface area contributed by atoms with Crippen molar-refractivity contribution >= 4 is 11.9 Å². The number of hydrogen-bond donors (Lipinski definition) is 2. The molecule has 0 saturated heterocycles. The summed E-state index contributed by atoms with van der Waals surface area (Å²) in [5, 5.41) is 5.93. The largest absolute Gasteiger partial charge is 0.448 e. The minimum absolute atomic E-state index is 0.260. The average Bonchev–Trinajstić information content (AvgIpc) is 3.17. The Labute approximate surface area is 157 Å². The summed E-state index contributed by atoms with van der Waals surface area (Å²) < 4.78 is 5.32. The Morgan fingerprint density at radius 1 is 1.19 bits per heavy atom. The SMILES string of the molecule is NCCCOC(=O)N(Cc1ccccc1)n1ccc(-c2ccnc(N)c2)n1. The molecule has 0 atom stereocenters. The van der Waals surface area contributed by atoms with E-state index in [4.69, 9.17) is 16.2 Å². The van der Waals surface area contributed by atoms with Crippen LogP contribution in [0.15, 0.2) is 60.9 Å². The summed E-state index contributed by atoms with van der Waals surface area (Å²) in [6.07, 6.45) is 3.44. The number of ether oxygens (including phenoxy) is 1. The third kappa shape index (κ3) is 4.83. The minimum atomic E-state index is -0.490. The first kappa shape index (κ1) is 18.4. The Hall–Kier alpha value is -3.39. The van der Waals surface area contributed by atoms with Crippen LogP contribution in [-0.4, -0.2) is 34.1 Å². The molecule has 4 N–H and O–H groups in total. The van der Waals surface area contributed by atoms with Gasteiger partial charge in [0.15, 0.2) is 0 Å². The van der Waals surface area contributed by atoms with Gasteiger partial charge in [0.05, 0.1) is 18.8 Å². The highest BCUT2D eigenvalue weighted by Gasteiger charge is 2.19. The second-order valence-corrected chi connectivity index (χ2v) is 5.89. The standard InChI is InChI=1S/C19H22N6O2/c20-9-4-12-27-19(26)24(14-15-5-2-1-3-6-15)25-11-8-17(23-25)16-7-10-22-18(21)13-16/h1-3,5-8,10-11,13H,4,9,12,14,20H2,(H2,21,22). The summed E-state index contributed by atoms with van der Waals surface area (Å²) in [5.41, 5.74) is 13.7. The van der Waals surface area contributed by atoms with Crippen molar-refractivity contribution in [1.29, 1.82) is 0 Å². The highest BCUT2D eigenvalue weighted by molar-refractivity contribution is 5.78. The Morgan fingerprint density at radius 3 is 2.74 bits per heavy atom. The maximum Gasteiger partial charge on any atom is 0.430 e. The second-order valence-electron chi connectivity index (χ2n) is 5.89. The number of carbonyl (C=O) groups excluding carboxylic acids is 1. The summed E-state index contributed by atoms with van der Waals surface area (Å²) in [6.45, 7) is 1.04. The molecule has 0 saturated carbocycles. The van der Waals surface area contributed by atoms with Crippen molar-refractivity contribution in [1.82, 2.24) is 14.9 Å². The molecule has 2 heterocycles. The molecule has 3 aromatic rings. The molecule has 0 aliphatic rings. The van der Waals surface area contributed by atoms with Crippen LogP contribution in [-0.2, 0) is 11.3 Å². The van der Waals surface area contributed by atoms with Crippen LogP contribution in [0.1, 0.15) is 12.0 Å². The van der Waals surface area contributed by atoms with Gasteiger partial charge in [-0.3, -0.25) is 0 Å². The van der Waals surface area contributed by atoms with Crippen molar-refractivity contribution in [3.8, 4) is 11.3 Å². The molecule has 0 unspecified atom stereocenters. The zero-order chi connectivity index (χ0) is 19.1. The normalized spacial score (nSPS) is 10.6. The van der Waals surface area contributed by atoms with Gasteiger partial charge in [0.25, 0.3) is 0 Å². The van der Waals surface area contributed by atoms with Crippen molar-refractivity contribution in [3.63, 3.8) is 0 Å². The molecule has 0 fully saturated rings. The van der Waals surface area contributed by atoms with E-state index >= 15 is 0 Å². The molecular weight excluding hydrogens is 344 g/mol. The summed E-state index contributed by atoms with van der Waals surface area (Å²) in [5.74, 6) is 0.407. The number of amides is 1. The molecule has 8 heteroatoms. The topological polar surface area (TPSA) is 112 Å². The lowest BCUT2D eigenvalue weighted by Crippen LogP contribution is -2.41. The van der Waals surface area contributed by atoms with E-state index in [1.165, 1.54) is 9.80 Å². The maximum atomic E-state index is 12.6. The fraction of sp³-hybridized carbons (Fsp3) is 0.211. The average molecular weight is 366 g/mol. The molecule has 0 bridgehead atoms. The van der Waals surface area contributed by atoms with Crippen LogP contribution in [0.3, 0.4) is 0 Å². The summed E-state index contributed by atoms with van der Waals surface area (Å²) >= 11 is 0. The van der Waals surface area contributed by atoms with Crippen LogP contribution in [0.5, 0.6) is 0 Å². The first-order valence-electron chi connectivity index (χ1n) is 8.63. The lowest BCUT2D eigenvalue weighted by Gasteiger charge is -2.22. The molecule has 140 valence electrons. The van der Waals surface area contributed by atoms with Gasteiger partial charge in [0, 0.05) is 18.0 Å². The first-order chi connectivity index (χ1) is 13.2. The van der Waals surface area contributed by atoms with Gasteiger partial charge in [0.2, 0.25) is 0 Å². The molecule has 1 aromatic carbocycles. The van der Waals surface area contributed by atoms with E-state index in [0.29, 0.717) is 31.0 Å². The quantitative estimate of drug-likeness (QED) is 0.620. The smallest absolute Gasteiger partial charge is 0.430 e. The van der Waals surface area contributed by atoms with E-state index in [0.717, 1.165) is 11.1 Å². The molecule has 2 aromatic heterocycles. The number of hydrogen-bond acceptors (Lipinski definition) is 6. The predicted molar refractivity (Wildman–Crippen MR) is 103 cm³/mol. The third-order valence-corrected chi connectivity index (χ3v) is 3.86. The van der Waals surface area contributed by atoms with Crippen LogP contribution in [0, 0.1) is 0 Å².